The van der Waals surface area contributed by atoms with E-state index in [-0.39, 0.29) is 12.3 Å². The summed E-state index contributed by atoms with van der Waals surface area (Å²) in [4.78, 5) is 26.5. The lowest BCUT2D eigenvalue weighted by Gasteiger charge is -2.25. The summed E-state index contributed by atoms with van der Waals surface area (Å²) in [6.45, 7) is 5.43. The molecule has 0 saturated carbocycles. The van der Waals surface area contributed by atoms with E-state index < -0.39 is 11.5 Å². The molecule has 0 saturated heterocycles. The Hall–Kier alpha value is -1.91. The molecule has 0 aliphatic heterocycles. The molecule has 0 radical (unpaired) electrons. The monoisotopic (exact) mass is 250 g/mol. The number of aliphatic carboxylic acids is 1. The highest BCUT2D eigenvalue weighted by atomic mass is 16.4. The van der Waals surface area contributed by atoms with Crippen molar-refractivity contribution in [3.8, 4) is 0 Å². The lowest BCUT2D eigenvalue weighted by atomic mass is 9.98. The molecule has 5 heteroatoms. The Kier molecular flexibility index (Phi) is 4.42. The third kappa shape index (κ3) is 4.53. The number of carboxylic acid groups (broad SMARTS) is 1. The van der Waals surface area contributed by atoms with Crippen LogP contribution in [0.3, 0.4) is 0 Å². The van der Waals surface area contributed by atoms with Gasteiger partial charge in [0.15, 0.2) is 0 Å². The summed E-state index contributed by atoms with van der Waals surface area (Å²) >= 11 is 0. The molecule has 0 fully saturated rings. The first kappa shape index (κ1) is 14.2. The minimum Gasteiger partial charge on any atom is -0.481 e. The van der Waals surface area contributed by atoms with Crippen molar-refractivity contribution >= 4 is 11.9 Å². The van der Waals surface area contributed by atoms with Gasteiger partial charge in [-0.15, -0.1) is 0 Å². The number of carboxylic acids is 1. The standard InChI is InChI=1S/C13H18N2O3/c1-9-8-10(5-7-14-9)12(18)15-13(2,3)6-4-11(16)17/h5,7-8H,4,6H2,1-3H3,(H,15,18)(H,16,17). The van der Waals surface area contributed by atoms with Crippen molar-refractivity contribution in [1.29, 1.82) is 0 Å². The number of hydrogen-bond acceptors (Lipinski definition) is 3. The second-order valence-corrected chi connectivity index (χ2v) is 4.92. The molecule has 98 valence electrons. The first-order valence-electron chi connectivity index (χ1n) is 5.77. The smallest absolute Gasteiger partial charge is 0.303 e. The summed E-state index contributed by atoms with van der Waals surface area (Å²) in [5.74, 6) is -1.08. The van der Waals surface area contributed by atoms with Gasteiger partial charge >= 0.3 is 5.97 Å². The molecule has 1 rings (SSSR count). The van der Waals surface area contributed by atoms with Gasteiger partial charge in [-0.2, -0.15) is 0 Å². The number of aromatic nitrogens is 1. The fourth-order valence-electron chi connectivity index (χ4n) is 1.55. The van der Waals surface area contributed by atoms with E-state index in [1.54, 1.807) is 18.3 Å². The van der Waals surface area contributed by atoms with Crippen molar-refractivity contribution in [3.63, 3.8) is 0 Å². The van der Waals surface area contributed by atoms with Crippen LogP contribution in [0.4, 0.5) is 0 Å². The molecule has 0 spiro atoms. The van der Waals surface area contributed by atoms with Crippen molar-refractivity contribution in [2.75, 3.05) is 0 Å². The van der Waals surface area contributed by atoms with E-state index in [9.17, 15) is 9.59 Å². The Morgan fingerprint density at radius 3 is 2.67 bits per heavy atom. The molecule has 2 N–H and O–H groups in total. The Morgan fingerprint density at radius 1 is 1.44 bits per heavy atom. The molecule has 1 aromatic heterocycles. The van der Waals surface area contributed by atoms with Crippen LogP contribution in [0.1, 0.15) is 42.7 Å². The van der Waals surface area contributed by atoms with E-state index in [2.05, 4.69) is 10.3 Å². The van der Waals surface area contributed by atoms with Gasteiger partial charge in [0, 0.05) is 29.4 Å². The van der Waals surface area contributed by atoms with Gasteiger partial charge in [-0.25, -0.2) is 0 Å². The van der Waals surface area contributed by atoms with Gasteiger partial charge in [-0.3, -0.25) is 14.6 Å². The van der Waals surface area contributed by atoms with Crippen LogP contribution in [-0.4, -0.2) is 27.5 Å². The van der Waals surface area contributed by atoms with Crippen LogP contribution < -0.4 is 5.32 Å². The van der Waals surface area contributed by atoms with Gasteiger partial charge in [-0.1, -0.05) is 0 Å². The van der Waals surface area contributed by atoms with Crippen molar-refractivity contribution in [2.24, 2.45) is 0 Å². The fourth-order valence-corrected chi connectivity index (χ4v) is 1.55. The maximum Gasteiger partial charge on any atom is 0.303 e. The van der Waals surface area contributed by atoms with Crippen molar-refractivity contribution in [2.45, 2.75) is 39.2 Å². The summed E-state index contributed by atoms with van der Waals surface area (Å²) in [5, 5.41) is 11.5. The zero-order chi connectivity index (χ0) is 13.8. The van der Waals surface area contributed by atoms with E-state index in [1.807, 2.05) is 20.8 Å². The van der Waals surface area contributed by atoms with Gasteiger partial charge in [0.25, 0.3) is 5.91 Å². The fraction of sp³-hybridized carbons (Fsp3) is 0.462. The van der Waals surface area contributed by atoms with Gasteiger partial charge in [0.1, 0.15) is 0 Å². The molecular formula is C13H18N2O3. The van der Waals surface area contributed by atoms with Gasteiger partial charge < -0.3 is 10.4 Å². The number of rotatable bonds is 5. The maximum absolute atomic E-state index is 12.0. The van der Waals surface area contributed by atoms with Gasteiger partial charge in [0.05, 0.1) is 0 Å². The summed E-state index contributed by atoms with van der Waals surface area (Å²) < 4.78 is 0. The zero-order valence-corrected chi connectivity index (χ0v) is 10.9. The predicted octanol–water partition coefficient (Wildman–Crippen LogP) is 1.76. The van der Waals surface area contributed by atoms with Crippen molar-refractivity contribution < 1.29 is 14.7 Å². The summed E-state index contributed by atoms with van der Waals surface area (Å²) in [6.07, 6.45) is 2.00. The van der Waals surface area contributed by atoms with Crippen LogP contribution in [0.5, 0.6) is 0 Å². The molecule has 0 aliphatic carbocycles. The quantitative estimate of drug-likeness (QED) is 0.834. The molecule has 0 aliphatic rings. The minimum atomic E-state index is -0.864. The number of aryl methyl sites for hydroxylation is 1. The second-order valence-electron chi connectivity index (χ2n) is 4.92. The van der Waals surface area contributed by atoms with E-state index in [4.69, 9.17) is 5.11 Å². The lowest BCUT2D eigenvalue weighted by molar-refractivity contribution is -0.137. The molecule has 0 bridgehead atoms. The number of pyridine rings is 1. The lowest BCUT2D eigenvalue weighted by Crippen LogP contribution is -2.43. The molecule has 1 aromatic rings. The predicted molar refractivity (Wildman–Crippen MR) is 67.4 cm³/mol. The van der Waals surface area contributed by atoms with Crippen LogP contribution in [0.25, 0.3) is 0 Å². The SMILES string of the molecule is Cc1cc(C(=O)NC(C)(C)CCC(=O)O)ccn1. The third-order valence-corrected chi connectivity index (χ3v) is 2.57. The average Bonchev–Trinajstić information content (AvgIpc) is 2.26. The van der Waals surface area contributed by atoms with Crippen molar-refractivity contribution in [1.82, 2.24) is 10.3 Å². The molecule has 0 unspecified atom stereocenters. The molecule has 5 nitrogen and oxygen atoms in total. The first-order chi connectivity index (χ1) is 8.30. The number of amides is 1. The van der Waals surface area contributed by atoms with E-state index in [0.717, 1.165) is 5.69 Å². The largest absolute Gasteiger partial charge is 0.481 e. The summed E-state index contributed by atoms with van der Waals surface area (Å²) in [6, 6.07) is 3.33. The number of hydrogen-bond donors (Lipinski definition) is 2. The minimum absolute atomic E-state index is 0.0304. The number of nitrogens with zero attached hydrogens (tertiary/aromatic N) is 1. The van der Waals surface area contributed by atoms with Crippen molar-refractivity contribution in [3.05, 3.63) is 29.6 Å². The topological polar surface area (TPSA) is 79.3 Å². The van der Waals surface area contributed by atoms with E-state index in [0.29, 0.717) is 12.0 Å². The first-order valence-corrected chi connectivity index (χ1v) is 5.77. The van der Waals surface area contributed by atoms with Crippen LogP contribution >= 0.6 is 0 Å². The number of carbonyl (C=O) groups excluding carboxylic acids is 1. The second kappa shape index (κ2) is 5.62. The molecule has 1 amide bonds. The van der Waals surface area contributed by atoms with Crippen LogP contribution in [0.15, 0.2) is 18.3 Å². The highest BCUT2D eigenvalue weighted by Gasteiger charge is 2.22. The Bertz CT molecular complexity index is 455. The third-order valence-electron chi connectivity index (χ3n) is 2.57. The Balaban J connectivity index is 2.66. The van der Waals surface area contributed by atoms with Gasteiger partial charge in [0.2, 0.25) is 0 Å². The van der Waals surface area contributed by atoms with E-state index in [1.165, 1.54) is 0 Å². The van der Waals surface area contributed by atoms with E-state index >= 15 is 0 Å². The summed E-state index contributed by atoms with van der Waals surface area (Å²) in [7, 11) is 0. The Morgan fingerprint density at radius 2 is 2.11 bits per heavy atom. The molecule has 0 atom stereocenters. The van der Waals surface area contributed by atoms with Crippen LogP contribution in [-0.2, 0) is 4.79 Å². The average molecular weight is 250 g/mol. The summed E-state index contributed by atoms with van der Waals surface area (Å²) in [5.41, 5.74) is 0.754. The maximum atomic E-state index is 12.0. The molecular weight excluding hydrogens is 232 g/mol. The van der Waals surface area contributed by atoms with Crippen LogP contribution in [0, 0.1) is 6.92 Å². The van der Waals surface area contributed by atoms with Gasteiger partial charge in [-0.05, 0) is 39.3 Å². The molecule has 0 aromatic carbocycles. The molecule has 1 heterocycles. The highest BCUT2D eigenvalue weighted by molar-refractivity contribution is 5.94. The molecule has 18 heavy (non-hydrogen) atoms. The highest BCUT2D eigenvalue weighted by Crippen LogP contribution is 2.12. The normalized spacial score (nSPS) is 11.1. The zero-order valence-electron chi connectivity index (χ0n) is 10.9. The van der Waals surface area contributed by atoms with Crippen LogP contribution in [0.2, 0.25) is 0 Å². The number of nitrogens with one attached hydrogen (secondary N) is 1. The number of carbonyl (C=O) groups is 2. The Labute approximate surface area is 106 Å².